The second-order valence-corrected chi connectivity index (χ2v) is 10.7. The Balaban J connectivity index is 1.57. The Kier molecular flexibility index (Phi) is 7.25. The largest absolute Gasteiger partial charge is 0.369 e. The fraction of sp³-hybridized carbons (Fsp3) is 0.360. The summed E-state index contributed by atoms with van der Waals surface area (Å²) in [7, 11) is 3.83. The number of aryl methyl sites for hydroxylation is 1. The maximum atomic E-state index is 12.3. The number of benzene rings is 2. The van der Waals surface area contributed by atoms with Gasteiger partial charge in [-0.2, -0.15) is 4.98 Å². The monoisotopic (exact) mass is 495 g/mol. The fourth-order valence-corrected chi connectivity index (χ4v) is 4.86. The fourth-order valence-electron chi connectivity index (χ4n) is 4.09. The molecule has 0 saturated carbocycles. The minimum Gasteiger partial charge on any atom is -0.369 e. The molecule has 0 radical (unpaired) electrons. The Labute approximate surface area is 208 Å². The number of anilines is 5. The summed E-state index contributed by atoms with van der Waals surface area (Å²) in [5, 5.41) is 0. The second-order valence-electron chi connectivity index (χ2n) is 8.81. The predicted molar refractivity (Wildman–Crippen MR) is 142 cm³/mol. The SMILES string of the molecule is CNS(=O)(=O)c1cccc(N(C)c2nc(N(C)c3ccc(N4CCN(C)CC4)cc3)ncc2C)c1. The van der Waals surface area contributed by atoms with Gasteiger partial charge in [-0.25, -0.2) is 18.1 Å². The van der Waals surface area contributed by atoms with Crippen molar-refractivity contribution in [2.75, 3.05) is 69.1 Å². The molecule has 0 spiro atoms. The van der Waals surface area contributed by atoms with E-state index in [4.69, 9.17) is 4.98 Å². The summed E-state index contributed by atoms with van der Waals surface area (Å²) >= 11 is 0. The van der Waals surface area contributed by atoms with Crippen molar-refractivity contribution in [1.82, 2.24) is 19.6 Å². The Hall–Kier alpha value is -3.21. The molecule has 0 aliphatic carbocycles. The van der Waals surface area contributed by atoms with Gasteiger partial charge in [-0.15, -0.1) is 0 Å². The number of hydrogen-bond donors (Lipinski definition) is 1. The summed E-state index contributed by atoms with van der Waals surface area (Å²) in [5.41, 5.74) is 3.81. The third-order valence-corrected chi connectivity index (χ3v) is 7.85. The summed E-state index contributed by atoms with van der Waals surface area (Å²) < 4.78 is 26.9. The van der Waals surface area contributed by atoms with Gasteiger partial charge in [0.2, 0.25) is 16.0 Å². The van der Waals surface area contributed by atoms with Gasteiger partial charge in [-0.05, 0) is 63.5 Å². The predicted octanol–water partition coefficient (Wildman–Crippen LogP) is 2.98. The highest BCUT2D eigenvalue weighted by atomic mass is 32.2. The first kappa shape index (κ1) is 24.9. The number of nitrogens with one attached hydrogen (secondary N) is 1. The van der Waals surface area contributed by atoms with Gasteiger partial charge in [-0.3, -0.25) is 0 Å². The molecule has 0 unspecified atom stereocenters. The smallest absolute Gasteiger partial charge is 0.240 e. The van der Waals surface area contributed by atoms with Crippen LogP contribution in [-0.4, -0.2) is 77.7 Å². The molecule has 3 aromatic rings. The van der Waals surface area contributed by atoms with Crippen LogP contribution in [0.2, 0.25) is 0 Å². The Morgan fingerprint density at radius 2 is 1.63 bits per heavy atom. The van der Waals surface area contributed by atoms with Gasteiger partial charge in [0.15, 0.2) is 0 Å². The molecule has 0 amide bonds. The molecule has 0 atom stereocenters. The summed E-state index contributed by atoms with van der Waals surface area (Å²) in [6, 6.07) is 15.3. The normalized spacial score (nSPS) is 14.7. The lowest BCUT2D eigenvalue weighted by molar-refractivity contribution is 0.313. The van der Waals surface area contributed by atoms with Crippen LogP contribution in [0.1, 0.15) is 5.56 Å². The number of hydrogen-bond acceptors (Lipinski definition) is 8. The van der Waals surface area contributed by atoms with Gasteiger partial charge >= 0.3 is 0 Å². The zero-order chi connectivity index (χ0) is 25.2. The number of aromatic nitrogens is 2. The Bertz CT molecular complexity index is 1270. The molecule has 1 aromatic heterocycles. The molecule has 1 aliphatic rings. The maximum Gasteiger partial charge on any atom is 0.240 e. The minimum atomic E-state index is -3.54. The average molecular weight is 496 g/mol. The highest BCUT2D eigenvalue weighted by Gasteiger charge is 2.18. The van der Waals surface area contributed by atoms with Crippen molar-refractivity contribution in [3.05, 3.63) is 60.3 Å². The Morgan fingerprint density at radius 3 is 2.29 bits per heavy atom. The first-order valence-corrected chi connectivity index (χ1v) is 13.1. The minimum absolute atomic E-state index is 0.203. The second kappa shape index (κ2) is 10.2. The lowest BCUT2D eigenvalue weighted by atomic mass is 10.2. The van der Waals surface area contributed by atoms with Crippen molar-refractivity contribution < 1.29 is 8.42 Å². The molecular weight excluding hydrogens is 462 g/mol. The molecule has 2 heterocycles. The summed E-state index contributed by atoms with van der Waals surface area (Å²) in [5.74, 6) is 1.26. The van der Waals surface area contributed by atoms with E-state index in [9.17, 15) is 8.42 Å². The van der Waals surface area contributed by atoms with E-state index in [-0.39, 0.29) is 4.90 Å². The van der Waals surface area contributed by atoms with E-state index >= 15 is 0 Å². The van der Waals surface area contributed by atoms with E-state index in [2.05, 4.69) is 50.8 Å². The zero-order valence-electron chi connectivity index (χ0n) is 20.9. The van der Waals surface area contributed by atoms with Crippen LogP contribution in [0.4, 0.5) is 28.8 Å². The highest BCUT2D eigenvalue weighted by Crippen LogP contribution is 2.30. The molecule has 1 fully saturated rings. The Morgan fingerprint density at radius 1 is 0.943 bits per heavy atom. The van der Waals surface area contributed by atoms with Crippen LogP contribution >= 0.6 is 0 Å². The summed E-state index contributed by atoms with van der Waals surface area (Å²) in [6.07, 6.45) is 1.79. The molecular formula is C25H33N7O2S. The van der Waals surface area contributed by atoms with E-state index < -0.39 is 10.0 Å². The van der Waals surface area contributed by atoms with Crippen molar-refractivity contribution in [2.24, 2.45) is 0 Å². The number of likely N-dealkylation sites (N-methyl/N-ethyl adjacent to an activating group) is 1. The van der Waals surface area contributed by atoms with Gasteiger partial charge in [0, 0.05) is 69.1 Å². The van der Waals surface area contributed by atoms with Crippen LogP contribution < -0.4 is 19.4 Å². The van der Waals surface area contributed by atoms with E-state index in [1.807, 2.05) is 36.9 Å². The summed E-state index contributed by atoms with van der Waals surface area (Å²) in [6.45, 7) is 6.13. The van der Waals surface area contributed by atoms with E-state index in [0.717, 1.165) is 37.4 Å². The molecule has 2 aromatic carbocycles. The molecule has 186 valence electrons. The van der Waals surface area contributed by atoms with Crippen LogP contribution in [0.5, 0.6) is 0 Å². The van der Waals surface area contributed by atoms with Crippen LogP contribution in [-0.2, 0) is 10.0 Å². The molecule has 0 bridgehead atoms. The first-order valence-electron chi connectivity index (χ1n) is 11.6. The number of piperazine rings is 1. The van der Waals surface area contributed by atoms with Gasteiger partial charge in [-0.1, -0.05) is 6.07 Å². The number of sulfonamides is 1. The number of nitrogens with zero attached hydrogens (tertiary/aromatic N) is 6. The molecule has 1 N–H and O–H groups in total. The maximum absolute atomic E-state index is 12.3. The molecule has 10 heteroatoms. The van der Waals surface area contributed by atoms with Crippen molar-refractivity contribution in [2.45, 2.75) is 11.8 Å². The van der Waals surface area contributed by atoms with Gasteiger partial charge < -0.3 is 19.6 Å². The topological polar surface area (TPSA) is 84.9 Å². The third-order valence-electron chi connectivity index (χ3n) is 6.44. The molecule has 1 aliphatic heterocycles. The summed E-state index contributed by atoms with van der Waals surface area (Å²) in [4.78, 5) is 18.1. The van der Waals surface area contributed by atoms with Gasteiger partial charge in [0.1, 0.15) is 5.82 Å². The quantitative estimate of drug-likeness (QED) is 0.536. The lowest BCUT2D eigenvalue weighted by Crippen LogP contribution is -2.44. The van der Waals surface area contributed by atoms with Crippen molar-refractivity contribution in [3.8, 4) is 0 Å². The van der Waals surface area contributed by atoms with Crippen molar-refractivity contribution in [3.63, 3.8) is 0 Å². The molecule has 4 rings (SSSR count). The van der Waals surface area contributed by atoms with E-state index in [0.29, 0.717) is 17.5 Å². The first-order chi connectivity index (χ1) is 16.7. The van der Waals surface area contributed by atoms with E-state index in [1.54, 1.807) is 24.4 Å². The highest BCUT2D eigenvalue weighted by molar-refractivity contribution is 7.89. The standard InChI is InChI=1S/C25H33N7O2S/c1-19-18-27-25(28-24(19)30(4)22-7-6-8-23(17-22)35(33,34)26-2)31(5)20-9-11-21(12-10-20)32-15-13-29(3)14-16-32/h6-12,17-18,26H,13-16H2,1-5H3. The van der Waals surface area contributed by atoms with Crippen LogP contribution in [0.25, 0.3) is 0 Å². The number of rotatable bonds is 7. The van der Waals surface area contributed by atoms with Crippen LogP contribution in [0.3, 0.4) is 0 Å². The third kappa shape index (κ3) is 5.39. The zero-order valence-corrected chi connectivity index (χ0v) is 21.7. The van der Waals surface area contributed by atoms with Crippen molar-refractivity contribution in [1.29, 1.82) is 0 Å². The van der Waals surface area contributed by atoms with Crippen LogP contribution in [0.15, 0.2) is 59.6 Å². The van der Waals surface area contributed by atoms with Gasteiger partial charge in [0.05, 0.1) is 4.90 Å². The molecule has 35 heavy (non-hydrogen) atoms. The lowest BCUT2D eigenvalue weighted by Gasteiger charge is -2.34. The van der Waals surface area contributed by atoms with Crippen LogP contribution in [0, 0.1) is 6.92 Å². The molecule has 9 nitrogen and oxygen atoms in total. The van der Waals surface area contributed by atoms with Crippen molar-refractivity contribution >= 4 is 38.9 Å². The average Bonchev–Trinajstić information content (AvgIpc) is 2.89. The van der Waals surface area contributed by atoms with Gasteiger partial charge in [0.25, 0.3) is 0 Å². The van der Waals surface area contributed by atoms with E-state index in [1.165, 1.54) is 12.7 Å². The molecule has 1 saturated heterocycles.